The summed E-state index contributed by atoms with van der Waals surface area (Å²) in [4.78, 5) is 92.7. The summed E-state index contributed by atoms with van der Waals surface area (Å²) in [6, 6.07) is -4.70. The molecule has 0 saturated carbocycles. The van der Waals surface area contributed by atoms with Crippen LogP contribution in [-0.2, 0) is 33.6 Å². The molecular weight excluding hydrogens is 815 g/mol. The lowest BCUT2D eigenvalue weighted by molar-refractivity contribution is -0.137. The minimum atomic E-state index is -1.40. The van der Waals surface area contributed by atoms with Crippen molar-refractivity contribution in [3.05, 3.63) is 24.3 Å². The smallest absolute Gasteiger partial charge is 0.245 e. The van der Waals surface area contributed by atoms with Gasteiger partial charge in [0.05, 0.1) is 31.2 Å². The van der Waals surface area contributed by atoms with E-state index in [0.717, 1.165) is 12.8 Å². The van der Waals surface area contributed by atoms with Gasteiger partial charge in [-0.25, -0.2) is 0 Å². The molecule has 0 heterocycles. The van der Waals surface area contributed by atoms with E-state index in [1.807, 2.05) is 38.2 Å². The highest BCUT2D eigenvalue weighted by Gasteiger charge is 2.30. The molecule has 0 rings (SSSR count). The van der Waals surface area contributed by atoms with Crippen molar-refractivity contribution in [2.45, 2.75) is 134 Å². The van der Waals surface area contributed by atoms with E-state index in [2.05, 4.69) is 31.9 Å². The normalized spacial score (nSPS) is 13.3. The third kappa shape index (κ3) is 28.8. The monoisotopic (exact) mass is 896 g/mol. The van der Waals surface area contributed by atoms with Crippen LogP contribution >= 0.6 is 0 Å². The number of nitrogens with one attached hydrogen (secondary N) is 6. The Hall–Kier alpha value is -4.47. The standard InChI is InChI=1S/C43H81N11O9/c1-3-5-7-9-20-37(57)48-24-15-16-26-54(27-17-25-49-38(58)21-10-8-6-4-2)43(63)32(28-50-41(61)35(30-55)52-39(59)33(46)18-11-13-22-44)29-51-42(62)36(31-56)53-40(60)34(47)19-12-14-23-45/h5-8,32-36,55-56H,3-4,9-31,44-47H2,1-2H3,(H,48,57)(H,49,58)(H,50,61)(H,51,62)(H,52,59)(H,53,60)/t33-,34-,35-,36-/m0/s1. The number of rotatable bonds is 38. The van der Waals surface area contributed by atoms with Crippen LogP contribution < -0.4 is 54.8 Å². The Balaban J connectivity index is 6.18. The van der Waals surface area contributed by atoms with Gasteiger partial charge in [0.25, 0.3) is 0 Å². The average Bonchev–Trinajstić information content (AvgIpc) is 3.27. The van der Waals surface area contributed by atoms with Gasteiger partial charge in [-0.2, -0.15) is 0 Å². The molecule has 0 radical (unpaired) electrons. The summed E-state index contributed by atoms with van der Waals surface area (Å²) in [5.74, 6) is -4.74. The van der Waals surface area contributed by atoms with Gasteiger partial charge >= 0.3 is 0 Å². The first-order valence-corrected chi connectivity index (χ1v) is 22.7. The molecule has 20 nitrogen and oxygen atoms in total. The summed E-state index contributed by atoms with van der Waals surface area (Å²) in [6.45, 7) is 3.71. The first-order chi connectivity index (χ1) is 30.3. The molecule has 0 aliphatic carbocycles. The summed E-state index contributed by atoms with van der Waals surface area (Å²) < 4.78 is 0. The molecule has 0 spiro atoms. The third-order valence-electron chi connectivity index (χ3n) is 9.93. The highest BCUT2D eigenvalue weighted by molar-refractivity contribution is 5.91. The van der Waals surface area contributed by atoms with Crippen molar-refractivity contribution in [2.75, 3.05) is 65.6 Å². The fourth-order valence-corrected chi connectivity index (χ4v) is 6.08. The minimum absolute atomic E-state index is 0.0898. The van der Waals surface area contributed by atoms with Crippen LogP contribution in [0.25, 0.3) is 0 Å². The summed E-state index contributed by atoms with van der Waals surface area (Å²) in [7, 11) is 0. The molecule has 16 N–H and O–H groups in total. The van der Waals surface area contributed by atoms with Crippen LogP contribution in [0, 0.1) is 5.92 Å². The van der Waals surface area contributed by atoms with Crippen LogP contribution in [0.3, 0.4) is 0 Å². The van der Waals surface area contributed by atoms with Crippen LogP contribution in [0.4, 0.5) is 0 Å². The number of unbranched alkanes of at least 4 members (excludes halogenated alkanes) is 3. The van der Waals surface area contributed by atoms with Gasteiger partial charge in [-0.1, -0.05) is 51.0 Å². The number of nitrogens with two attached hydrogens (primary N) is 4. The number of hydrogen-bond donors (Lipinski definition) is 12. The molecule has 0 aliphatic rings. The van der Waals surface area contributed by atoms with E-state index in [9.17, 15) is 43.8 Å². The van der Waals surface area contributed by atoms with Crippen molar-refractivity contribution >= 4 is 41.4 Å². The van der Waals surface area contributed by atoms with Crippen LogP contribution in [0.5, 0.6) is 0 Å². The van der Waals surface area contributed by atoms with Crippen molar-refractivity contribution in [1.29, 1.82) is 0 Å². The largest absolute Gasteiger partial charge is 0.394 e. The van der Waals surface area contributed by atoms with Gasteiger partial charge in [-0.05, 0) is 83.7 Å². The Morgan fingerprint density at radius 1 is 0.556 bits per heavy atom. The number of allylic oxidation sites excluding steroid dienone is 4. The van der Waals surface area contributed by atoms with E-state index in [1.165, 1.54) is 0 Å². The van der Waals surface area contributed by atoms with E-state index in [-0.39, 0.29) is 44.5 Å². The Bertz CT molecular complexity index is 1330. The number of aliphatic hydroxyl groups is 2. The van der Waals surface area contributed by atoms with Crippen molar-refractivity contribution < 1.29 is 43.8 Å². The van der Waals surface area contributed by atoms with E-state index in [0.29, 0.717) is 103 Å². The number of carbonyl (C=O) groups excluding carboxylic acids is 7. The summed E-state index contributed by atoms with van der Waals surface area (Å²) in [6.07, 6.45) is 16.0. The van der Waals surface area contributed by atoms with Crippen LogP contribution in [0.1, 0.15) is 110 Å². The van der Waals surface area contributed by atoms with Crippen molar-refractivity contribution in [3.63, 3.8) is 0 Å². The highest BCUT2D eigenvalue weighted by atomic mass is 16.3. The van der Waals surface area contributed by atoms with Crippen molar-refractivity contribution in [1.82, 2.24) is 36.8 Å². The zero-order chi connectivity index (χ0) is 47.3. The van der Waals surface area contributed by atoms with Gasteiger partial charge in [0.15, 0.2) is 0 Å². The fourth-order valence-electron chi connectivity index (χ4n) is 6.08. The van der Waals surface area contributed by atoms with Gasteiger partial charge in [0.1, 0.15) is 12.1 Å². The lowest BCUT2D eigenvalue weighted by atomic mass is 10.1. The quantitative estimate of drug-likeness (QED) is 0.0247. The zero-order valence-electron chi connectivity index (χ0n) is 37.9. The van der Waals surface area contributed by atoms with Gasteiger partial charge in [-0.3, -0.25) is 33.6 Å². The SMILES string of the molecule is CCC=CCCC(=O)NCCCCN(CCCNC(=O)CCC=CCC)C(=O)C(CNC(=O)[C@H](CO)NC(=O)[C@@H](N)CCCCN)CNC(=O)[C@H](CO)NC(=O)[C@@H](N)CCCCN. The molecule has 0 fully saturated rings. The Morgan fingerprint density at radius 2 is 0.984 bits per heavy atom. The molecule has 0 saturated heterocycles. The third-order valence-corrected chi connectivity index (χ3v) is 9.93. The molecule has 0 aromatic carbocycles. The molecule has 0 aromatic rings. The van der Waals surface area contributed by atoms with E-state index < -0.39 is 72.8 Å². The van der Waals surface area contributed by atoms with Crippen LogP contribution in [0.15, 0.2) is 24.3 Å². The van der Waals surface area contributed by atoms with Crippen molar-refractivity contribution in [2.24, 2.45) is 28.9 Å². The molecule has 362 valence electrons. The maximum Gasteiger partial charge on any atom is 0.245 e. The molecule has 0 unspecified atom stereocenters. The van der Waals surface area contributed by atoms with Crippen LogP contribution in [0.2, 0.25) is 0 Å². The van der Waals surface area contributed by atoms with Crippen LogP contribution in [-0.4, -0.2) is 146 Å². The first-order valence-electron chi connectivity index (χ1n) is 22.7. The van der Waals surface area contributed by atoms with E-state index in [4.69, 9.17) is 22.9 Å². The topological polar surface area (TPSA) is 339 Å². The van der Waals surface area contributed by atoms with Gasteiger partial charge in [0, 0.05) is 52.1 Å². The molecule has 0 bridgehead atoms. The average molecular weight is 896 g/mol. The van der Waals surface area contributed by atoms with E-state index >= 15 is 0 Å². The number of nitrogens with zero attached hydrogens (tertiary/aromatic N) is 1. The number of amides is 7. The second-order valence-electron chi connectivity index (χ2n) is 15.4. The van der Waals surface area contributed by atoms with Gasteiger partial charge in [-0.15, -0.1) is 0 Å². The first kappa shape index (κ1) is 58.5. The Morgan fingerprint density at radius 3 is 1.40 bits per heavy atom. The summed E-state index contributed by atoms with van der Waals surface area (Å²) >= 11 is 0. The van der Waals surface area contributed by atoms with Gasteiger partial charge < -0.3 is 69.9 Å². The summed E-state index contributed by atoms with van der Waals surface area (Å²) in [5.41, 5.74) is 23.0. The maximum atomic E-state index is 14.4. The molecule has 20 heteroatoms. The minimum Gasteiger partial charge on any atom is -0.394 e. The predicted molar refractivity (Wildman–Crippen MR) is 243 cm³/mol. The highest BCUT2D eigenvalue weighted by Crippen LogP contribution is 2.08. The fraction of sp³-hybridized carbons (Fsp3) is 0.744. The Kier molecular flexibility index (Phi) is 35.3. The van der Waals surface area contributed by atoms with E-state index in [1.54, 1.807) is 4.90 Å². The number of carbonyl (C=O) groups is 7. The molecular formula is C43H81N11O9. The summed E-state index contributed by atoms with van der Waals surface area (Å²) in [5, 5.41) is 35.8. The lowest BCUT2D eigenvalue weighted by Crippen LogP contribution is -2.56. The molecule has 7 amide bonds. The Labute approximate surface area is 374 Å². The molecule has 63 heavy (non-hydrogen) atoms. The van der Waals surface area contributed by atoms with Gasteiger partial charge in [0.2, 0.25) is 41.4 Å². The number of aliphatic hydroxyl groups excluding tert-OH is 2. The zero-order valence-corrected chi connectivity index (χ0v) is 37.9. The lowest BCUT2D eigenvalue weighted by Gasteiger charge is -2.29. The second-order valence-corrected chi connectivity index (χ2v) is 15.4. The second kappa shape index (κ2) is 38.0. The predicted octanol–water partition coefficient (Wildman–Crippen LogP) is -1.57. The van der Waals surface area contributed by atoms with Crippen molar-refractivity contribution in [3.8, 4) is 0 Å². The maximum absolute atomic E-state index is 14.4. The molecule has 0 aliphatic heterocycles. The molecule has 0 aromatic heterocycles. The number of hydrogen-bond acceptors (Lipinski definition) is 13. The molecule has 4 atom stereocenters.